The van der Waals surface area contributed by atoms with Gasteiger partial charge in [-0.15, -0.1) is 0 Å². The molecule has 0 aliphatic rings. The molecule has 1 rings (SSSR count). The van der Waals surface area contributed by atoms with E-state index in [1.165, 1.54) is 0 Å². The molecule has 1 aromatic rings. The van der Waals surface area contributed by atoms with Crippen molar-refractivity contribution < 1.29 is 8.42 Å². The van der Waals surface area contributed by atoms with E-state index in [4.69, 9.17) is 5.26 Å². The highest BCUT2D eigenvalue weighted by Crippen LogP contribution is 2.03. The maximum absolute atomic E-state index is 10.8. The number of hydrogen-bond acceptors (Lipinski definition) is 6. The fraction of sp³-hybridized carbons (Fsp3) is 0.500. The van der Waals surface area contributed by atoms with Crippen molar-refractivity contribution >= 4 is 16.0 Å². The standard InChI is InChI=1S/C10H15N5O2S/c1-8-6-9(7-11)15-10(14-8)12-4-3-5-13-18(2,16)17/h6,13H,3-5H2,1-2H3,(H,12,14,15). The lowest BCUT2D eigenvalue weighted by atomic mass is 10.3. The van der Waals surface area contributed by atoms with Crippen LogP contribution in [0.15, 0.2) is 6.07 Å². The molecule has 98 valence electrons. The number of hydrogen-bond donors (Lipinski definition) is 2. The van der Waals surface area contributed by atoms with Crippen LogP contribution in [0.4, 0.5) is 5.95 Å². The van der Waals surface area contributed by atoms with Crippen molar-refractivity contribution in [3.05, 3.63) is 17.5 Å². The van der Waals surface area contributed by atoms with Crippen LogP contribution >= 0.6 is 0 Å². The Bertz CT molecular complexity index is 550. The van der Waals surface area contributed by atoms with Gasteiger partial charge in [0.1, 0.15) is 11.8 Å². The summed E-state index contributed by atoms with van der Waals surface area (Å²) >= 11 is 0. The minimum absolute atomic E-state index is 0.305. The molecule has 0 aliphatic heterocycles. The van der Waals surface area contributed by atoms with Gasteiger partial charge in [-0.25, -0.2) is 23.1 Å². The first-order valence-electron chi connectivity index (χ1n) is 5.35. The van der Waals surface area contributed by atoms with Crippen LogP contribution < -0.4 is 10.0 Å². The maximum Gasteiger partial charge on any atom is 0.224 e. The molecule has 0 aromatic carbocycles. The number of nitrogens with one attached hydrogen (secondary N) is 2. The van der Waals surface area contributed by atoms with E-state index in [-0.39, 0.29) is 0 Å². The Morgan fingerprint density at radius 1 is 1.39 bits per heavy atom. The summed E-state index contributed by atoms with van der Waals surface area (Å²) in [5.41, 5.74) is 1.01. The van der Waals surface area contributed by atoms with E-state index in [1.807, 2.05) is 6.07 Å². The molecule has 0 radical (unpaired) electrons. The van der Waals surface area contributed by atoms with Crippen molar-refractivity contribution in [2.45, 2.75) is 13.3 Å². The number of sulfonamides is 1. The largest absolute Gasteiger partial charge is 0.354 e. The van der Waals surface area contributed by atoms with Gasteiger partial charge >= 0.3 is 0 Å². The smallest absolute Gasteiger partial charge is 0.224 e. The molecule has 0 atom stereocenters. The molecule has 8 heteroatoms. The number of aryl methyl sites for hydroxylation is 1. The summed E-state index contributed by atoms with van der Waals surface area (Å²) < 4.78 is 24.0. The molecule has 1 aromatic heterocycles. The zero-order chi connectivity index (χ0) is 13.6. The fourth-order valence-corrected chi connectivity index (χ4v) is 1.77. The maximum atomic E-state index is 10.8. The Kier molecular flexibility index (Phi) is 5.00. The summed E-state index contributed by atoms with van der Waals surface area (Å²) in [6.07, 6.45) is 1.72. The highest BCUT2D eigenvalue weighted by molar-refractivity contribution is 7.88. The first-order valence-corrected chi connectivity index (χ1v) is 7.24. The predicted octanol–water partition coefficient (Wildman–Crippen LogP) is 0.00790. The van der Waals surface area contributed by atoms with Gasteiger partial charge in [-0.2, -0.15) is 5.26 Å². The van der Waals surface area contributed by atoms with Crippen molar-refractivity contribution in [3.8, 4) is 6.07 Å². The fourth-order valence-electron chi connectivity index (χ4n) is 1.25. The van der Waals surface area contributed by atoms with Crippen LogP contribution in [0.1, 0.15) is 17.8 Å². The van der Waals surface area contributed by atoms with Crippen LogP contribution in [0.2, 0.25) is 0 Å². The number of nitriles is 1. The van der Waals surface area contributed by atoms with Gasteiger partial charge in [0.15, 0.2) is 0 Å². The molecule has 0 saturated heterocycles. The summed E-state index contributed by atoms with van der Waals surface area (Å²) in [5, 5.41) is 11.7. The average Bonchev–Trinajstić information content (AvgIpc) is 2.26. The molecule has 0 spiro atoms. The van der Waals surface area contributed by atoms with E-state index in [2.05, 4.69) is 20.0 Å². The second-order valence-corrected chi connectivity index (χ2v) is 5.61. The van der Waals surface area contributed by atoms with Crippen LogP contribution in [0, 0.1) is 18.3 Å². The highest BCUT2D eigenvalue weighted by atomic mass is 32.2. The summed E-state index contributed by atoms with van der Waals surface area (Å²) in [6.45, 7) is 2.65. The summed E-state index contributed by atoms with van der Waals surface area (Å²) in [4.78, 5) is 8.09. The Hall–Kier alpha value is -1.72. The van der Waals surface area contributed by atoms with Crippen LogP contribution in [0.25, 0.3) is 0 Å². The van der Waals surface area contributed by atoms with Gasteiger partial charge < -0.3 is 5.32 Å². The quantitative estimate of drug-likeness (QED) is 0.704. The summed E-state index contributed by atoms with van der Waals surface area (Å²) in [6, 6.07) is 3.54. The third kappa shape index (κ3) is 5.56. The predicted molar refractivity (Wildman–Crippen MR) is 67.4 cm³/mol. The second-order valence-electron chi connectivity index (χ2n) is 3.78. The lowest BCUT2D eigenvalue weighted by Gasteiger charge is -2.06. The molecule has 0 saturated carbocycles. The van der Waals surface area contributed by atoms with E-state index in [9.17, 15) is 8.42 Å². The zero-order valence-corrected chi connectivity index (χ0v) is 11.1. The minimum Gasteiger partial charge on any atom is -0.354 e. The van der Waals surface area contributed by atoms with Crippen molar-refractivity contribution in [3.63, 3.8) is 0 Å². The molecule has 0 unspecified atom stereocenters. The average molecular weight is 269 g/mol. The van der Waals surface area contributed by atoms with Crippen LogP contribution in [-0.2, 0) is 10.0 Å². The van der Waals surface area contributed by atoms with E-state index in [0.717, 1.165) is 6.26 Å². The molecule has 7 nitrogen and oxygen atoms in total. The van der Waals surface area contributed by atoms with Crippen molar-refractivity contribution in [2.75, 3.05) is 24.7 Å². The lowest BCUT2D eigenvalue weighted by molar-refractivity contribution is 0.586. The van der Waals surface area contributed by atoms with Gasteiger partial charge in [0.05, 0.1) is 6.26 Å². The molecule has 2 N–H and O–H groups in total. The summed E-state index contributed by atoms with van der Waals surface area (Å²) in [7, 11) is -3.14. The Morgan fingerprint density at radius 3 is 2.72 bits per heavy atom. The van der Waals surface area contributed by atoms with E-state index < -0.39 is 10.0 Å². The molecular formula is C10H15N5O2S. The minimum atomic E-state index is -3.14. The first-order chi connectivity index (χ1) is 8.40. The van der Waals surface area contributed by atoms with Crippen LogP contribution in [-0.4, -0.2) is 37.7 Å². The normalized spacial score (nSPS) is 10.9. The number of rotatable bonds is 6. The first kappa shape index (κ1) is 14.3. The van der Waals surface area contributed by atoms with Gasteiger partial charge in [0.25, 0.3) is 0 Å². The highest BCUT2D eigenvalue weighted by Gasteiger charge is 2.02. The second kappa shape index (κ2) is 6.28. The summed E-state index contributed by atoms with van der Waals surface area (Å²) in [5.74, 6) is 0.380. The van der Waals surface area contributed by atoms with Crippen molar-refractivity contribution in [1.82, 2.24) is 14.7 Å². The van der Waals surface area contributed by atoms with E-state index in [1.54, 1.807) is 13.0 Å². The van der Waals surface area contributed by atoms with Crippen LogP contribution in [0.3, 0.4) is 0 Å². The van der Waals surface area contributed by atoms with Gasteiger partial charge in [-0.3, -0.25) is 0 Å². The number of aromatic nitrogens is 2. The Morgan fingerprint density at radius 2 is 2.11 bits per heavy atom. The molecule has 0 fully saturated rings. The Labute approximate surface area is 106 Å². The monoisotopic (exact) mass is 269 g/mol. The van der Waals surface area contributed by atoms with Crippen molar-refractivity contribution in [1.29, 1.82) is 5.26 Å². The number of anilines is 1. The Balaban J connectivity index is 2.40. The zero-order valence-electron chi connectivity index (χ0n) is 10.3. The topological polar surface area (TPSA) is 108 Å². The number of nitrogens with zero attached hydrogens (tertiary/aromatic N) is 3. The van der Waals surface area contributed by atoms with E-state index in [0.29, 0.717) is 36.8 Å². The van der Waals surface area contributed by atoms with Crippen LogP contribution in [0.5, 0.6) is 0 Å². The molecule has 0 aliphatic carbocycles. The molecule has 18 heavy (non-hydrogen) atoms. The molecule has 0 amide bonds. The molecule has 0 bridgehead atoms. The van der Waals surface area contributed by atoms with E-state index >= 15 is 0 Å². The van der Waals surface area contributed by atoms with Gasteiger partial charge in [0, 0.05) is 18.8 Å². The third-order valence-electron chi connectivity index (χ3n) is 1.97. The molecule has 1 heterocycles. The van der Waals surface area contributed by atoms with Gasteiger partial charge in [-0.1, -0.05) is 0 Å². The van der Waals surface area contributed by atoms with Gasteiger partial charge in [-0.05, 0) is 19.4 Å². The van der Waals surface area contributed by atoms with Crippen molar-refractivity contribution in [2.24, 2.45) is 0 Å². The third-order valence-corrected chi connectivity index (χ3v) is 2.70. The lowest BCUT2D eigenvalue weighted by Crippen LogP contribution is -2.24. The van der Waals surface area contributed by atoms with Gasteiger partial charge in [0.2, 0.25) is 16.0 Å². The molecular weight excluding hydrogens is 254 g/mol. The SMILES string of the molecule is Cc1cc(C#N)nc(NCCCNS(C)(=O)=O)n1.